The molecule has 2 heterocycles. The van der Waals surface area contributed by atoms with E-state index < -0.39 is 5.91 Å². The van der Waals surface area contributed by atoms with Crippen LogP contribution in [0.5, 0.6) is 0 Å². The van der Waals surface area contributed by atoms with Gasteiger partial charge in [-0.25, -0.2) is 14.4 Å². The number of aromatic amines is 1. The number of nitrogens with zero attached hydrogens (tertiary/aromatic N) is 2. The fourth-order valence-corrected chi connectivity index (χ4v) is 3.86. The SMILES string of the molecule is Cc1nc(NCCc2c(C)[nH]c3c(F)ccc(C)c23)cc(Nc2ccc(C(N)=O)cc2)n1. The number of carbonyl (C=O) groups is 1. The Morgan fingerprint density at radius 2 is 1.78 bits per heavy atom. The molecule has 0 aliphatic rings. The zero-order valence-corrected chi connectivity index (χ0v) is 18.2. The van der Waals surface area contributed by atoms with Gasteiger partial charge in [0.2, 0.25) is 5.91 Å². The topological polar surface area (TPSA) is 109 Å². The summed E-state index contributed by atoms with van der Waals surface area (Å²) in [4.78, 5) is 23.3. The number of hydrogen-bond donors (Lipinski definition) is 4. The number of nitrogens with two attached hydrogens (primary N) is 1. The number of benzene rings is 2. The fraction of sp³-hybridized carbons (Fsp3) is 0.208. The maximum Gasteiger partial charge on any atom is 0.248 e. The van der Waals surface area contributed by atoms with E-state index in [0.717, 1.165) is 34.3 Å². The second-order valence-electron chi connectivity index (χ2n) is 7.77. The van der Waals surface area contributed by atoms with Gasteiger partial charge >= 0.3 is 0 Å². The number of halogens is 1. The van der Waals surface area contributed by atoms with Crippen LogP contribution in [0.25, 0.3) is 10.9 Å². The summed E-state index contributed by atoms with van der Waals surface area (Å²) in [7, 11) is 0. The second-order valence-corrected chi connectivity index (χ2v) is 7.77. The van der Waals surface area contributed by atoms with Gasteiger partial charge < -0.3 is 21.4 Å². The number of hydrogen-bond acceptors (Lipinski definition) is 5. The Morgan fingerprint density at radius 3 is 2.50 bits per heavy atom. The quantitative estimate of drug-likeness (QED) is 0.343. The summed E-state index contributed by atoms with van der Waals surface area (Å²) in [5.74, 6) is 1.23. The highest BCUT2D eigenvalue weighted by molar-refractivity contribution is 5.93. The molecule has 2 aromatic carbocycles. The highest BCUT2D eigenvalue weighted by atomic mass is 19.1. The van der Waals surface area contributed by atoms with E-state index in [1.165, 1.54) is 6.07 Å². The van der Waals surface area contributed by atoms with Crippen LogP contribution in [0.1, 0.15) is 33.0 Å². The standard InChI is InChI=1S/C24H25FN6O/c1-13-4-9-19(25)23-22(13)18(14(2)28-23)10-11-27-20-12-21(30-15(3)29-20)31-17-7-5-16(6-8-17)24(26)32/h4-9,12,28H,10-11H2,1-3H3,(H2,26,32)(H2,27,29,30,31). The Balaban J connectivity index is 1.47. The van der Waals surface area contributed by atoms with Crippen LogP contribution in [-0.2, 0) is 6.42 Å². The van der Waals surface area contributed by atoms with Gasteiger partial charge in [-0.05, 0) is 68.7 Å². The van der Waals surface area contributed by atoms with Crippen molar-refractivity contribution in [1.82, 2.24) is 15.0 Å². The number of rotatable bonds is 7. The molecule has 164 valence electrons. The molecule has 0 unspecified atom stereocenters. The smallest absolute Gasteiger partial charge is 0.248 e. The van der Waals surface area contributed by atoms with Crippen molar-refractivity contribution in [2.75, 3.05) is 17.2 Å². The Bertz CT molecular complexity index is 1300. The minimum absolute atomic E-state index is 0.237. The predicted molar refractivity (Wildman–Crippen MR) is 125 cm³/mol. The predicted octanol–water partition coefficient (Wildman–Crippen LogP) is 4.52. The average molecular weight is 433 g/mol. The molecule has 0 saturated heterocycles. The first kappa shape index (κ1) is 21.3. The van der Waals surface area contributed by atoms with E-state index in [9.17, 15) is 9.18 Å². The lowest BCUT2D eigenvalue weighted by molar-refractivity contribution is 0.100. The van der Waals surface area contributed by atoms with Crippen molar-refractivity contribution in [3.8, 4) is 0 Å². The largest absolute Gasteiger partial charge is 0.370 e. The zero-order chi connectivity index (χ0) is 22.8. The summed E-state index contributed by atoms with van der Waals surface area (Å²) < 4.78 is 14.2. The molecule has 0 atom stereocenters. The summed E-state index contributed by atoms with van der Waals surface area (Å²) in [5, 5.41) is 7.50. The molecule has 0 aliphatic carbocycles. The molecule has 4 rings (SSSR count). The van der Waals surface area contributed by atoms with Gasteiger partial charge in [0.15, 0.2) is 0 Å². The summed E-state index contributed by atoms with van der Waals surface area (Å²) >= 11 is 0. The van der Waals surface area contributed by atoms with Crippen LogP contribution in [0.4, 0.5) is 21.7 Å². The number of amides is 1. The summed E-state index contributed by atoms with van der Waals surface area (Å²) in [6.45, 7) is 6.41. The van der Waals surface area contributed by atoms with Crippen LogP contribution in [0.3, 0.4) is 0 Å². The maximum absolute atomic E-state index is 14.2. The second kappa shape index (κ2) is 8.66. The Morgan fingerprint density at radius 1 is 1.06 bits per heavy atom. The van der Waals surface area contributed by atoms with E-state index in [0.29, 0.717) is 35.1 Å². The Kier molecular flexibility index (Phi) is 5.77. The van der Waals surface area contributed by atoms with Gasteiger partial charge in [0.05, 0.1) is 5.52 Å². The molecular formula is C24H25FN6O. The van der Waals surface area contributed by atoms with Gasteiger partial charge in [-0.2, -0.15) is 0 Å². The summed E-state index contributed by atoms with van der Waals surface area (Å²) in [5.41, 5.74) is 10.2. The minimum Gasteiger partial charge on any atom is -0.370 e. The van der Waals surface area contributed by atoms with Crippen molar-refractivity contribution in [2.24, 2.45) is 5.73 Å². The third-order valence-corrected chi connectivity index (χ3v) is 5.39. The van der Waals surface area contributed by atoms with Gasteiger partial charge in [-0.3, -0.25) is 4.79 Å². The highest BCUT2D eigenvalue weighted by Gasteiger charge is 2.14. The van der Waals surface area contributed by atoms with Crippen molar-refractivity contribution in [3.63, 3.8) is 0 Å². The highest BCUT2D eigenvalue weighted by Crippen LogP contribution is 2.28. The molecule has 8 heteroatoms. The average Bonchev–Trinajstić information content (AvgIpc) is 3.08. The van der Waals surface area contributed by atoms with Gasteiger partial charge in [-0.1, -0.05) is 6.07 Å². The fourth-order valence-electron chi connectivity index (χ4n) is 3.86. The van der Waals surface area contributed by atoms with Crippen molar-refractivity contribution < 1.29 is 9.18 Å². The molecule has 0 saturated carbocycles. The first-order chi connectivity index (χ1) is 15.3. The molecular weight excluding hydrogens is 407 g/mol. The maximum atomic E-state index is 14.2. The van der Waals surface area contributed by atoms with Crippen molar-refractivity contribution in [3.05, 3.63) is 76.5 Å². The van der Waals surface area contributed by atoms with Gasteiger partial charge in [0.25, 0.3) is 0 Å². The zero-order valence-electron chi connectivity index (χ0n) is 18.2. The normalized spacial score (nSPS) is 11.0. The van der Waals surface area contributed by atoms with E-state index >= 15 is 0 Å². The molecule has 1 amide bonds. The number of aromatic nitrogens is 3. The molecule has 5 N–H and O–H groups in total. The number of primary amides is 1. The van der Waals surface area contributed by atoms with Gasteiger partial charge in [0, 0.05) is 34.9 Å². The van der Waals surface area contributed by atoms with Gasteiger partial charge in [0.1, 0.15) is 23.3 Å². The van der Waals surface area contributed by atoms with Crippen LogP contribution >= 0.6 is 0 Å². The molecule has 0 radical (unpaired) electrons. The molecule has 0 fully saturated rings. The number of aryl methyl sites for hydroxylation is 3. The van der Waals surface area contributed by atoms with Crippen LogP contribution in [0, 0.1) is 26.6 Å². The minimum atomic E-state index is -0.468. The lowest BCUT2D eigenvalue weighted by Gasteiger charge is -2.11. The first-order valence-electron chi connectivity index (χ1n) is 10.3. The van der Waals surface area contributed by atoms with E-state index in [4.69, 9.17) is 5.73 Å². The number of nitrogens with one attached hydrogen (secondary N) is 3. The molecule has 7 nitrogen and oxygen atoms in total. The molecule has 32 heavy (non-hydrogen) atoms. The number of carbonyl (C=O) groups excluding carboxylic acids is 1. The number of H-pyrrole nitrogens is 1. The summed E-state index contributed by atoms with van der Waals surface area (Å²) in [6.07, 6.45) is 0.719. The van der Waals surface area contributed by atoms with Crippen molar-refractivity contribution in [2.45, 2.75) is 27.2 Å². The summed E-state index contributed by atoms with van der Waals surface area (Å²) in [6, 6.07) is 12.0. The van der Waals surface area contributed by atoms with Crippen LogP contribution in [-0.4, -0.2) is 27.4 Å². The molecule has 0 spiro atoms. The van der Waals surface area contributed by atoms with Gasteiger partial charge in [-0.15, -0.1) is 0 Å². The van der Waals surface area contributed by atoms with E-state index in [2.05, 4.69) is 25.6 Å². The Hall–Kier alpha value is -3.94. The van der Waals surface area contributed by atoms with Crippen LogP contribution < -0.4 is 16.4 Å². The number of fused-ring (bicyclic) bond motifs is 1. The molecule has 4 aromatic rings. The van der Waals surface area contributed by atoms with E-state index in [-0.39, 0.29) is 5.82 Å². The lowest BCUT2D eigenvalue weighted by Crippen LogP contribution is -2.10. The van der Waals surface area contributed by atoms with E-state index in [1.807, 2.05) is 32.9 Å². The first-order valence-corrected chi connectivity index (χ1v) is 10.3. The monoisotopic (exact) mass is 432 g/mol. The third-order valence-electron chi connectivity index (χ3n) is 5.39. The molecule has 0 bridgehead atoms. The molecule has 2 aromatic heterocycles. The van der Waals surface area contributed by atoms with Crippen LogP contribution in [0.15, 0.2) is 42.5 Å². The molecule has 0 aliphatic heterocycles. The third kappa shape index (κ3) is 4.39. The lowest BCUT2D eigenvalue weighted by atomic mass is 10.0. The van der Waals surface area contributed by atoms with Crippen molar-refractivity contribution in [1.29, 1.82) is 0 Å². The Labute approximate surface area is 185 Å². The van der Waals surface area contributed by atoms with Crippen molar-refractivity contribution >= 4 is 34.1 Å². The number of anilines is 3. The van der Waals surface area contributed by atoms with E-state index in [1.54, 1.807) is 24.3 Å². The van der Waals surface area contributed by atoms with Crippen LogP contribution in [0.2, 0.25) is 0 Å².